The second-order valence-corrected chi connectivity index (χ2v) is 13.6. The zero-order chi connectivity index (χ0) is 31.6. The monoisotopic (exact) mass is 598 g/mol. The molecule has 0 bridgehead atoms. The molecular formula is C38H46O6. The van der Waals surface area contributed by atoms with Crippen molar-refractivity contribution in [3.05, 3.63) is 83.7 Å². The largest absolute Gasteiger partial charge is 0.493 e. The van der Waals surface area contributed by atoms with Crippen molar-refractivity contribution in [3.63, 3.8) is 0 Å². The Morgan fingerprint density at radius 3 is 2.39 bits per heavy atom. The number of ketones is 3. The van der Waals surface area contributed by atoms with E-state index in [4.69, 9.17) is 9.47 Å². The molecule has 0 spiro atoms. The molecule has 7 unspecified atom stereocenters. The lowest BCUT2D eigenvalue weighted by atomic mass is 9.47. The standard InChI is InChI=1S/C22H32O3.C16H14O3/c1-4-20(24)25-19-8-7-17-16-6-5-14-13-15(23)9-11-21(14,2)18(16)10-12-22(17,19)3;1-3-12(11-7-5-4-6-8-11)13-9-15(18)16(19-2)10-14(13)17/h13,16-19H,4-12H2,1-3H3;3-10,12H,1H2,2H3. The zero-order valence-corrected chi connectivity index (χ0v) is 26.6. The summed E-state index contributed by atoms with van der Waals surface area (Å²) in [5.74, 6) is 1.69. The van der Waals surface area contributed by atoms with Crippen LogP contribution in [0.25, 0.3) is 0 Å². The van der Waals surface area contributed by atoms with E-state index in [1.807, 2.05) is 43.3 Å². The third kappa shape index (κ3) is 5.80. The number of hydrogen-bond donors (Lipinski definition) is 0. The van der Waals surface area contributed by atoms with Gasteiger partial charge in [0.2, 0.25) is 5.78 Å². The summed E-state index contributed by atoms with van der Waals surface area (Å²) >= 11 is 0. The first kappa shape index (κ1) is 31.9. The molecule has 0 radical (unpaired) electrons. The Hall–Kier alpha value is -3.54. The molecule has 5 aliphatic carbocycles. The summed E-state index contributed by atoms with van der Waals surface area (Å²) in [6, 6.07) is 9.48. The topological polar surface area (TPSA) is 86.7 Å². The van der Waals surface area contributed by atoms with Gasteiger partial charge in [-0.2, -0.15) is 0 Å². The molecule has 0 aliphatic heterocycles. The van der Waals surface area contributed by atoms with Crippen LogP contribution in [0.1, 0.15) is 90.0 Å². The van der Waals surface area contributed by atoms with Crippen LogP contribution in [0.5, 0.6) is 0 Å². The lowest BCUT2D eigenvalue weighted by Crippen LogP contribution is -2.51. The zero-order valence-electron chi connectivity index (χ0n) is 26.6. The smallest absolute Gasteiger partial charge is 0.305 e. The minimum absolute atomic E-state index is 0.0411. The van der Waals surface area contributed by atoms with Crippen LogP contribution in [0.15, 0.2) is 78.1 Å². The number of methoxy groups -OCH3 is 1. The molecule has 1 aromatic carbocycles. The molecule has 1 aromatic rings. The molecule has 0 amide bonds. The first-order chi connectivity index (χ1) is 21.0. The maximum absolute atomic E-state index is 12.1. The van der Waals surface area contributed by atoms with Crippen LogP contribution in [0, 0.1) is 28.6 Å². The van der Waals surface area contributed by atoms with Gasteiger partial charge in [-0.25, -0.2) is 0 Å². The van der Waals surface area contributed by atoms with E-state index in [0.717, 1.165) is 43.6 Å². The first-order valence-corrected chi connectivity index (χ1v) is 16.2. The summed E-state index contributed by atoms with van der Waals surface area (Å²) < 4.78 is 10.7. The van der Waals surface area contributed by atoms with Crippen molar-refractivity contribution >= 4 is 23.3 Å². The molecular weight excluding hydrogens is 552 g/mol. The van der Waals surface area contributed by atoms with Crippen LogP contribution >= 0.6 is 0 Å². The molecule has 0 N–H and O–H groups in total. The van der Waals surface area contributed by atoms with Crippen LogP contribution in [0.3, 0.4) is 0 Å². The van der Waals surface area contributed by atoms with Gasteiger partial charge in [0.1, 0.15) is 6.10 Å². The van der Waals surface area contributed by atoms with Crippen molar-refractivity contribution in [1.82, 2.24) is 0 Å². The summed E-state index contributed by atoms with van der Waals surface area (Å²) in [6.45, 7) is 10.4. The Labute approximate surface area is 261 Å². The van der Waals surface area contributed by atoms with E-state index in [0.29, 0.717) is 29.6 Å². The van der Waals surface area contributed by atoms with Gasteiger partial charge in [-0.05, 0) is 85.8 Å². The highest BCUT2D eigenvalue weighted by Crippen LogP contribution is 2.65. The van der Waals surface area contributed by atoms with Gasteiger partial charge >= 0.3 is 5.97 Å². The van der Waals surface area contributed by atoms with E-state index >= 15 is 0 Å². The van der Waals surface area contributed by atoms with Crippen molar-refractivity contribution in [2.45, 2.75) is 90.6 Å². The number of esters is 1. The van der Waals surface area contributed by atoms with Crippen molar-refractivity contribution in [2.75, 3.05) is 7.11 Å². The van der Waals surface area contributed by atoms with Crippen molar-refractivity contribution in [3.8, 4) is 0 Å². The number of fused-ring (bicyclic) bond motifs is 5. The van der Waals surface area contributed by atoms with E-state index < -0.39 is 0 Å². The second kappa shape index (κ2) is 12.8. The van der Waals surface area contributed by atoms with Gasteiger partial charge in [-0.3, -0.25) is 19.2 Å². The number of allylic oxidation sites excluding steroid dienone is 5. The highest BCUT2D eigenvalue weighted by atomic mass is 16.5. The highest BCUT2D eigenvalue weighted by Gasteiger charge is 2.59. The number of rotatable bonds is 6. The van der Waals surface area contributed by atoms with E-state index in [1.54, 1.807) is 6.08 Å². The van der Waals surface area contributed by atoms with Crippen LogP contribution < -0.4 is 0 Å². The molecule has 6 nitrogen and oxygen atoms in total. The summed E-state index contributed by atoms with van der Waals surface area (Å²) in [7, 11) is 1.37. The quantitative estimate of drug-likeness (QED) is 0.193. The Morgan fingerprint density at radius 2 is 1.70 bits per heavy atom. The fraction of sp³-hybridized carbons (Fsp3) is 0.526. The van der Waals surface area contributed by atoms with Gasteiger partial charge in [0.05, 0.1) is 7.11 Å². The molecule has 0 saturated heterocycles. The minimum Gasteiger partial charge on any atom is -0.493 e. The van der Waals surface area contributed by atoms with Gasteiger partial charge in [0, 0.05) is 35.8 Å². The third-order valence-corrected chi connectivity index (χ3v) is 11.5. The average Bonchev–Trinajstić information content (AvgIpc) is 3.35. The van der Waals surface area contributed by atoms with Gasteiger partial charge in [0.25, 0.3) is 0 Å². The minimum atomic E-state index is -0.292. The number of ether oxygens (including phenoxy) is 2. The first-order valence-electron chi connectivity index (χ1n) is 16.2. The summed E-state index contributed by atoms with van der Waals surface area (Å²) in [4.78, 5) is 47.6. The lowest BCUT2D eigenvalue weighted by Gasteiger charge is -2.57. The number of hydrogen-bond acceptors (Lipinski definition) is 6. The summed E-state index contributed by atoms with van der Waals surface area (Å²) in [5.41, 5.74) is 3.18. The van der Waals surface area contributed by atoms with Crippen molar-refractivity contribution < 1.29 is 28.7 Å². The summed E-state index contributed by atoms with van der Waals surface area (Å²) in [6.07, 6.45) is 15.5. The van der Waals surface area contributed by atoms with E-state index in [2.05, 4.69) is 20.4 Å². The molecule has 0 heterocycles. The molecule has 44 heavy (non-hydrogen) atoms. The van der Waals surface area contributed by atoms with E-state index in [1.165, 1.54) is 44.1 Å². The summed E-state index contributed by atoms with van der Waals surface area (Å²) in [5, 5.41) is 0. The number of carbonyl (C=O) groups excluding carboxylic acids is 4. The number of carbonyl (C=O) groups is 4. The number of benzene rings is 1. The molecule has 7 atom stereocenters. The second-order valence-electron chi connectivity index (χ2n) is 13.6. The molecule has 5 aliphatic rings. The van der Waals surface area contributed by atoms with Crippen molar-refractivity contribution in [1.29, 1.82) is 0 Å². The Balaban J connectivity index is 0.000000182. The maximum atomic E-state index is 12.1. The molecule has 3 saturated carbocycles. The van der Waals surface area contributed by atoms with Crippen LogP contribution in [-0.2, 0) is 28.7 Å². The molecule has 6 heteroatoms. The Bertz CT molecular complexity index is 1420. The van der Waals surface area contributed by atoms with Crippen LogP contribution in [0.4, 0.5) is 0 Å². The van der Waals surface area contributed by atoms with E-state index in [9.17, 15) is 19.2 Å². The average molecular weight is 599 g/mol. The van der Waals surface area contributed by atoms with Gasteiger partial charge in [0.15, 0.2) is 17.3 Å². The SMILES string of the molecule is C=CC(C1=CC(=O)C(OC)=CC1=O)c1ccccc1.CCC(=O)OC1CCC2C3CCC4=CC(=O)CCC4(C)C3CCC12C. The fourth-order valence-corrected chi connectivity index (χ4v) is 9.01. The Kier molecular flexibility index (Phi) is 9.29. The van der Waals surface area contributed by atoms with Gasteiger partial charge < -0.3 is 9.47 Å². The molecule has 3 fully saturated rings. The predicted octanol–water partition coefficient (Wildman–Crippen LogP) is 7.40. The van der Waals surface area contributed by atoms with Gasteiger partial charge in [-0.15, -0.1) is 6.58 Å². The fourth-order valence-electron chi connectivity index (χ4n) is 9.01. The molecule has 234 valence electrons. The Morgan fingerprint density at radius 1 is 0.955 bits per heavy atom. The van der Waals surface area contributed by atoms with Crippen molar-refractivity contribution in [2.24, 2.45) is 28.6 Å². The molecule has 6 rings (SSSR count). The lowest BCUT2D eigenvalue weighted by molar-refractivity contribution is -0.159. The van der Waals surface area contributed by atoms with Crippen LogP contribution in [-0.4, -0.2) is 36.5 Å². The van der Waals surface area contributed by atoms with E-state index in [-0.39, 0.29) is 46.1 Å². The van der Waals surface area contributed by atoms with Crippen LogP contribution in [0.2, 0.25) is 0 Å². The van der Waals surface area contributed by atoms with Gasteiger partial charge in [-0.1, -0.05) is 62.8 Å². The maximum Gasteiger partial charge on any atom is 0.305 e. The molecule has 0 aromatic heterocycles. The third-order valence-electron chi connectivity index (χ3n) is 11.5. The highest BCUT2D eigenvalue weighted by molar-refractivity contribution is 6.19. The predicted molar refractivity (Wildman–Crippen MR) is 169 cm³/mol. The normalized spacial score (nSPS) is 33.2.